The lowest BCUT2D eigenvalue weighted by atomic mass is 10.0. The number of alkyl halides is 3. The normalized spacial score (nSPS) is 15.9. The predicted molar refractivity (Wildman–Crippen MR) is 138 cm³/mol. The number of hydrogen-bond acceptors (Lipinski definition) is 5. The Bertz CT molecular complexity index is 1540. The van der Waals surface area contributed by atoms with Gasteiger partial charge in [-0.1, -0.05) is 35.9 Å². The maximum absolute atomic E-state index is 14.4. The first-order valence-corrected chi connectivity index (χ1v) is 13.3. The molecular weight excluding hydrogens is 562 g/mol. The monoisotopic (exact) mass is 583 g/mol. The number of anilines is 1. The van der Waals surface area contributed by atoms with Crippen LogP contribution in [0.1, 0.15) is 30.0 Å². The third kappa shape index (κ3) is 6.04. The largest absolute Gasteiger partial charge is 0.486 e. The molecule has 1 atom stereocenters. The number of allylic oxidation sites excluding steroid dienone is 1. The van der Waals surface area contributed by atoms with Gasteiger partial charge >= 0.3 is 12.1 Å². The van der Waals surface area contributed by atoms with Crippen LogP contribution in [0, 0.1) is 5.82 Å². The van der Waals surface area contributed by atoms with Crippen molar-refractivity contribution in [3.63, 3.8) is 0 Å². The van der Waals surface area contributed by atoms with E-state index in [9.17, 15) is 30.8 Å². The molecule has 0 saturated carbocycles. The summed E-state index contributed by atoms with van der Waals surface area (Å²) in [5, 5.41) is 0.185. The first-order valence-electron chi connectivity index (χ1n) is 11.5. The highest BCUT2D eigenvalue weighted by atomic mass is 35.5. The van der Waals surface area contributed by atoms with Gasteiger partial charge < -0.3 is 9.47 Å². The van der Waals surface area contributed by atoms with Crippen molar-refractivity contribution in [1.29, 1.82) is 0 Å². The van der Waals surface area contributed by atoms with Crippen LogP contribution in [0.4, 0.5) is 23.2 Å². The number of ether oxygens (including phenoxy) is 2. The van der Waals surface area contributed by atoms with Crippen LogP contribution in [-0.4, -0.2) is 34.1 Å². The Morgan fingerprint density at radius 2 is 1.87 bits per heavy atom. The van der Waals surface area contributed by atoms with Gasteiger partial charge in [-0.2, -0.15) is 13.2 Å². The van der Waals surface area contributed by atoms with Crippen molar-refractivity contribution in [2.45, 2.75) is 30.5 Å². The molecule has 0 radical (unpaired) electrons. The summed E-state index contributed by atoms with van der Waals surface area (Å²) in [4.78, 5) is 11.3. The van der Waals surface area contributed by atoms with E-state index < -0.39 is 44.5 Å². The Kier molecular flexibility index (Phi) is 7.94. The molecule has 1 aliphatic rings. The number of carbonyl (C=O) groups excluding carboxylic acids is 1. The zero-order chi connectivity index (χ0) is 28.5. The standard InChI is InChI=1S/C27H22ClF4NO5S/c1-16(26-21(28)7-4-8-22(26)29)11-17-9-10-24-23(12-17)33(15-19(38-24)14-25(34)37-2)39(35,36)20-6-3-5-18(13-20)27(30,31)32/h3-13,19H,14-15H2,1-2H3/t19-/m0/s1. The molecule has 6 nitrogen and oxygen atoms in total. The van der Waals surface area contributed by atoms with Crippen molar-refractivity contribution < 1.29 is 40.2 Å². The van der Waals surface area contributed by atoms with Gasteiger partial charge in [0.2, 0.25) is 0 Å². The second kappa shape index (κ2) is 10.9. The van der Waals surface area contributed by atoms with Gasteiger partial charge in [0.15, 0.2) is 0 Å². The van der Waals surface area contributed by atoms with Crippen LogP contribution in [0.25, 0.3) is 11.6 Å². The van der Waals surface area contributed by atoms with Crippen molar-refractivity contribution in [3.05, 3.63) is 88.2 Å². The summed E-state index contributed by atoms with van der Waals surface area (Å²) in [7, 11) is -3.38. The van der Waals surface area contributed by atoms with Crippen molar-refractivity contribution in [3.8, 4) is 5.75 Å². The lowest BCUT2D eigenvalue weighted by molar-refractivity contribution is -0.142. The lowest BCUT2D eigenvalue weighted by Crippen LogP contribution is -2.44. The number of rotatable bonds is 6. The third-order valence-electron chi connectivity index (χ3n) is 6.03. The minimum Gasteiger partial charge on any atom is -0.486 e. The Morgan fingerprint density at radius 3 is 2.54 bits per heavy atom. The molecule has 3 aromatic carbocycles. The van der Waals surface area contributed by atoms with Gasteiger partial charge in [0.25, 0.3) is 10.0 Å². The number of fused-ring (bicyclic) bond motifs is 1. The van der Waals surface area contributed by atoms with E-state index in [0.717, 1.165) is 22.5 Å². The summed E-state index contributed by atoms with van der Waals surface area (Å²) in [5.41, 5.74) is -0.0258. The minimum atomic E-state index is -4.76. The maximum atomic E-state index is 14.4. The minimum absolute atomic E-state index is 0.0368. The molecule has 39 heavy (non-hydrogen) atoms. The molecule has 0 aromatic heterocycles. The van der Waals surface area contributed by atoms with Crippen LogP contribution < -0.4 is 9.04 Å². The lowest BCUT2D eigenvalue weighted by Gasteiger charge is -2.35. The van der Waals surface area contributed by atoms with Crippen LogP contribution in [0.5, 0.6) is 5.75 Å². The fraction of sp³-hybridized carbons (Fsp3) is 0.222. The molecule has 1 aliphatic heterocycles. The Hall–Kier alpha value is -3.57. The maximum Gasteiger partial charge on any atom is 0.416 e. The van der Waals surface area contributed by atoms with Gasteiger partial charge in [-0.25, -0.2) is 12.8 Å². The summed E-state index contributed by atoms with van der Waals surface area (Å²) in [6.45, 7) is 1.26. The highest BCUT2D eigenvalue weighted by Gasteiger charge is 2.37. The fourth-order valence-corrected chi connectivity index (χ4v) is 6.04. The second-order valence-electron chi connectivity index (χ2n) is 8.73. The topological polar surface area (TPSA) is 72.9 Å². The third-order valence-corrected chi connectivity index (χ3v) is 8.12. The van der Waals surface area contributed by atoms with Crippen molar-refractivity contribution in [2.24, 2.45) is 0 Å². The molecule has 0 unspecified atom stereocenters. The number of nitrogens with zero attached hydrogens (tertiary/aromatic N) is 1. The number of carbonyl (C=O) groups is 1. The van der Waals surface area contributed by atoms with E-state index in [-0.39, 0.29) is 35.0 Å². The summed E-state index contributed by atoms with van der Waals surface area (Å²) in [6, 6.07) is 12.1. The summed E-state index contributed by atoms with van der Waals surface area (Å²) >= 11 is 6.16. The number of hydrogen-bond donors (Lipinski definition) is 0. The van der Waals surface area contributed by atoms with Crippen LogP contribution in [0.15, 0.2) is 65.6 Å². The van der Waals surface area contributed by atoms with Crippen LogP contribution in [-0.2, 0) is 25.7 Å². The van der Waals surface area contributed by atoms with Crippen molar-refractivity contribution in [1.82, 2.24) is 0 Å². The average Bonchev–Trinajstić information content (AvgIpc) is 2.87. The van der Waals surface area contributed by atoms with Gasteiger partial charge in [-0.05, 0) is 60.5 Å². The molecule has 0 spiro atoms. The summed E-state index contributed by atoms with van der Waals surface area (Å²) in [6.07, 6.45) is -4.44. The molecule has 0 N–H and O–H groups in total. The molecule has 0 fully saturated rings. The summed E-state index contributed by atoms with van der Waals surface area (Å²) in [5.74, 6) is -1.11. The molecule has 0 bridgehead atoms. The van der Waals surface area contributed by atoms with Gasteiger partial charge in [-0.3, -0.25) is 9.10 Å². The van der Waals surface area contributed by atoms with Crippen LogP contribution >= 0.6 is 11.6 Å². The highest BCUT2D eigenvalue weighted by molar-refractivity contribution is 7.92. The molecule has 0 aliphatic carbocycles. The molecule has 1 heterocycles. The highest BCUT2D eigenvalue weighted by Crippen LogP contribution is 2.40. The van der Waals surface area contributed by atoms with Crippen LogP contribution in [0.2, 0.25) is 5.02 Å². The Balaban J connectivity index is 1.81. The number of methoxy groups -OCH3 is 1. The van der Waals surface area contributed by atoms with Crippen molar-refractivity contribution >= 4 is 44.9 Å². The second-order valence-corrected chi connectivity index (χ2v) is 11.0. The fourth-order valence-electron chi connectivity index (χ4n) is 4.18. The number of benzene rings is 3. The summed E-state index contributed by atoms with van der Waals surface area (Å²) < 4.78 is 93.2. The molecule has 0 saturated heterocycles. The zero-order valence-electron chi connectivity index (χ0n) is 20.6. The van der Waals surface area contributed by atoms with Crippen LogP contribution in [0.3, 0.4) is 0 Å². The predicted octanol–water partition coefficient (Wildman–Crippen LogP) is 6.58. The molecule has 4 rings (SSSR count). The number of esters is 1. The molecule has 0 amide bonds. The molecule has 206 valence electrons. The first-order chi connectivity index (χ1) is 18.3. The van der Waals surface area contributed by atoms with E-state index in [0.29, 0.717) is 17.2 Å². The Labute approximate surface area is 227 Å². The zero-order valence-corrected chi connectivity index (χ0v) is 22.2. The van der Waals surface area contributed by atoms with Gasteiger partial charge in [0.1, 0.15) is 17.7 Å². The van der Waals surface area contributed by atoms with Gasteiger partial charge in [-0.15, -0.1) is 0 Å². The molecule has 3 aromatic rings. The quantitative estimate of drug-likeness (QED) is 0.186. The first kappa shape index (κ1) is 28.4. The number of halogens is 5. The molecule has 12 heteroatoms. The van der Waals surface area contributed by atoms with Gasteiger partial charge in [0, 0.05) is 5.56 Å². The van der Waals surface area contributed by atoms with E-state index in [1.165, 1.54) is 37.4 Å². The Morgan fingerprint density at radius 1 is 1.15 bits per heavy atom. The van der Waals surface area contributed by atoms with Gasteiger partial charge in [0.05, 0.1) is 41.2 Å². The van der Waals surface area contributed by atoms with E-state index in [1.54, 1.807) is 19.1 Å². The number of sulfonamides is 1. The SMILES string of the molecule is COC(=O)C[C@H]1CN(S(=O)(=O)c2cccc(C(F)(F)F)c2)c2cc(C=C(C)c3c(F)cccc3Cl)ccc2O1. The van der Waals surface area contributed by atoms with E-state index in [1.807, 2.05) is 0 Å². The van der Waals surface area contributed by atoms with Crippen molar-refractivity contribution in [2.75, 3.05) is 18.0 Å². The van der Waals surface area contributed by atoms with E-state index in [2.05, 4.69) is 4.74 Å². The van der Waals surface area contributed by atoms with E-state index >= 15 is 0 Å². The smallest absolute Gasteiger partial charge is 0.416 e. The average molecular weight is 584 g/mol. The van der Waals surface area contributed by atoms with E-state index in [4.69, 9.17) is 16.3 Å². The molecular formula is C27H22ClF4NO5S.